The van der Waals surface area contributed by atoms with E-state index < -0.39 is 12.0 Å². The Morgan fingerprint density at radius 2 is 2.07 bits per heavy atom. The fraction of sp³-hybridized carbons (Fsp3) is 0.381. The van der Waals surface area contributed by atoms with Crippen LogP contribution in [0.25, 0.3) is 0 Å². The molecule has 0 aliphatic carbocycles. The second-order valence-electron chi connectivity index (χ2n) is 7.07. The van der Waals surface area contributed by atoms with Crippen molar-refractivity contribution in [1.82, 2.24) is 4.90 Å². The molecule has 3 rings (SSSR count). The molecule has 0 spiro atoms. The standard InChI is InChI=1S/C21H25FN2O4/c1-14-2-7-19(21(23)26)20(10-14)27-13-16(25)11-24-9-8-18(12-24)28-17-5-3-15(22)4-6-17/h2-7,10,16,18,25H,8-9,11-13H2,1H3,(H2,23,26). The molecule has 3 N–H and O–H groups in total. The van der Waals surface area contributed by atoms with E-state index >= 15 is 0 Å². The second-order valence-corrected chi connectivity index (χ2v) is 7.07. The summed E-state index contributed by atoms with van der Waals surface area (Å²) in [6, 6.07) is 11.1. The van der Waals surface area contributed by atoms with Gasteiger partial charge in [0, 0.05) is 19.6 Å². The first-order valence-corrected chi connectivity index (χ1v) is 9.26. The number of aryl methyl sites for hydroxylation is 1. The normalized spacial score (nSPS) is 18.0. The van der Waals surface area contributed by atoms with E-state index in [1.54, 1.807) is 30.3 Å². The second kappa shape index (κ2) is 9.03. The molecule has 1 saturated heterocycles. The van der Waals surface area contributed by atoms with Gasteiger partial charge in [0.25, 0.3) is 5.91 Å². The first-order valence-electron chi connectivity index (χ1n) is 9.26. The van der Waals surface area contributed by atoms with E-state index in [0.29, 0.717) is 30.2 Å². The van der Waals surface area contributed by atoms with Crippen LogP contribution in [0.15, 0.2) is 42.5 Å². The Hall–Kier alpha value is -2.64. The quantitative estimate of drug-likeness (QED) is 0.724. The number of halogens is 1. The Morgan fingerprint density at radius 3 is 2.79 bits per heavy atom. The topological polar surface area (TPSA) is 85.0 Å². The third-order valence-corrected chi connectivity index (χ3v) is 4.65. The van der Waals surface area contributed by atoms with Crippen molar-refractivity contribution in [3.05, 3.63) is 59.4 Å². The van der Waals surface area contributed by atoms with Gasteiger partial charge in [-0.1, -0.05) is 6.07 Å². The maximum absolute atomic E-state index is 13.0. The van der Waals surface area contributed by atoms with Crippen LogP contribution in [-0.2, 0) is 0 Å². The molecule has 0 saturated carbocycles. The minimum atomic E-state index is -0.717. The molecule has 2 atom stereocenters. The van der Waals surface area contributed by atoms with E-state index in [-0.39, 0.29) is 18.5 Å². The van der Waals surface area contributed by atoms with Crippen molar-refractivity contribution < 1.29 is 23.8 Å². The van der Waals surface area contributed by atoms with Gasteiger partial charge in [0.1, 0.15) is 36.1 Å². The van der Waals surface area contributed by atoms with Crippen molar-refractivity contribution in [2.45, 2.75) is 25.6 Å². The fourth-order valence-electron chi connectivity index (χ4n) is 3.25. The molecule has 1 fully saturated rings. The Morgan fingerprint density at radius 1 is 1.32 bits per heavy atom. The van der Waals surface area contributed by atoms with Crippen LogP contribution >= 0.6 is 0 Å². The molecule has 1 heterocycles. The molecule has 7 heteroatoms. The van der Waals surface area contributed by atoms with Gasteiger partial charge in [-0.25, -0.2) is 4.39 Å². The van der Waals surface area contributed by atoms with Gasteiger partial charge >= 0.3 is 0 Å². The number of nitrogens with two attached hydrogens (primary N) is 1. The number of carbonyl (C=O) groups excluding carboxylic acids is 1. The predicted molar refractivity (Wildman–Crippen MR) is 103 cm³/mol. The van der Waals surface area contributed by atoms with Crippen molar-refractivity contribution >= 4 is 5.91 Å². The average Bonchev–Trinajstić information content (AvgIpc) is 3.08. The van der Waals surface area contributed by atoms with Crippen LogP contribution in [0.3, 0.4) is 0 Å². The highest BCUT2D eigenvalue weighted by molar-refractivity contribution is 5.95. The lowest BCUT2D eigenvalue weighted by Crippen LogP contribution is -2.35. The maximum atomic E-state index is 13.0. The molecule has 28 heavy (non-hydrogen) atoms. The first kappa shape index (κ1) is 20.1. The summed E-state index contributed by atoms with van der Waals surface area (Å²) < 4.78 is 24.5. The van der Waals surface area contributed by atoms with Crippen LogP contribution in [0, 0.1) is 12.7 Å². The van der Waals surface area contributed by atoms with Crippen LogP contribution in [0.5, 0.6) is 11.5 Å². The van der Waals surface area contributed by atoms with Crippen LogP contribution in [0.2, 0.25) is 0 Å². The summed E-state index contributed by atoms with van der Waals surface area (Å²) >= 11 is 0. The zero-order valence-electron chi connectivity index (χ0n) is 15.8. The number of primary amides is 1. The number of carbonyl (C=O) groups is 1. The monoisotopic (exact) mass is 388 g/mol. The van der Waals surface area contributed by atoms with Gasteiger partial charge < -0.3 is 20.3 Å². The molecule has 0 bridgehead atoms. The summed E-state index contributed by atoms with van der Waals surface area (Å²) in [7, 11) is 0. The molecule has 150 valence electrons. The maximum Gasteiger partial charge on any atom is 0.252 e. The largest absolute Gasteiger partial charge is 0.490 e. The van der Waals surface area contributed by atoms with Gasteiger partial charge in [0.05, 0.1) is 5.56 Å². The van der Waals surface area contributed by atoms with E-state index in [9.17, 15) is 14.3 Å². The molecule has 2 aromatic rings. The summed E-state index contributed by atoms with van der Waals surface area (Å²) in [6.45, 7) is 3.84. The van der Waals surface area contributed by atoms with E-state index in [0.717, 1.165) is 18.5 Å². The number of aliphatic hydroxyl groups is 1. The number of hydrogen-bond donors (Lipinski definition) is 2. The Kier molecular flexibility index (Phi) is 6.49. The summed E-state index contributed by atoms with van der Waals surface area (Å²) in [5, 5.41) is 10.3. The number of rotatable bonds is 8. The highest BCUT2D eigenvalue weighted by Gasteiger charge is 2.26. The predicted octanol–water partition coefficient (Wildman–Crippen LogP) is 2.13. The van der Waals surface area contributed by atoms with E-state index in [4.69, 9.17) is 15.2 Å². The number of β-amino-alcohol motifs (C(OH)–C–C–N with tert-alkyl or cyclic N) is 1. The first-order chi connectivity index (χ1) is 13.4. The van der Waals surface area contributed by atoms with E-state index in [1.807, 2.05) is 6.92 Å². The fourth-order valence-corrected chi connectivity index (χ4v) is 3.25. The van der Waals surface area contributed by atoms with Gasteiger partial charge in [-0.05, 0) is 55.3 Å². The van der Waals surface area contributed by atoms with Crippen molar-refractivity contribution in [3.63, 3.8) is 0 Å². The molecule has 1 amide bonds. The van der Waals surface area contributed by atoms with E-state index in [1.165, 1.54) is 12.1 Å². The number of aliphatic hydroxyl groups excluding tert-OH is 1. The van der Waals surface area contributed by atoms with Crippen LogP contribution < -0.4 is 15.2 Å². The van der Waals surface area contributed by atoms with Crippen LogP contribution in [-0.4, -0.2) is 54.4 Å². The lowest BCUT2D eigenvalue weighted by atomic mass is 10.1. The molecular formula is C21H25FN2O4. The third kappa shape index (κ3) is 5.43. The smallest absolute Gasteiger partial charge is 0.252 e. The number of benzene rings is 2. The Balaban J connectivity index is 1.47. The molecular weight excluding hydrogens is 363 g/mol. The third-order valence-electron chi connectivity index (χ3n) is 4.65. The number of hydrogen-bond acceptors (Lipinski definition) is 5. The number of nitrogens with zero attached hydrogens (tertiary/aromatic N) is 1. The molecule has 2 unspecified atom stereocenters. The van der Waals surface area contributed by atoms with E-state index in [2.05, 4.69) is 4.90 Å². The molecule has 6 nitrogen and oxygen atoms in total. The average molecular weight is 388 g/mol. The molecule has 1 aliphatic heterocycles. The number of ether oxygens (including phenoxy) is 2. The summed E-state index contributed by atoms with van der Waals surface area (Å²) in [6.07, 6.45) is 0.108. The van der Waals surface area contributed by atoms with Gasteiger partial charge in [-0.15, -0.1) is 0 Å². The summed E-state index contributed by atoms with van der Waals surface area (Å²) in [5.74, 6) is 0.155. The zero-order chi connectivity index (χ0) is 20.1. The number of amides is 1. The van der Waals surface area contributed by atoms with Crippen LogP contribution in [0.1, 0.15) is 22.3 Å². The Labute approximate surface area is 163 Å². The van der Waals surface area contributed by atoms with Crippen molar-refractivity contribution in [3.8, 4) is 11.5 Å². The highest BCUT2D eigenvalue weighted by atomic mass is 19.1. The highest BCUT2D eigenvalue weighted by Crippen LogP contribution is 2.21. The molecule has 2 aromatic carbocycles. The van der Waals surface area contributed by atoms with Gasteiger partial charge in [-0.3, -0.25) is 9.69 Å². The van der Waals surface area contributed by atoms with Crippen molar-refractivity contribution in [1.29, 1.82) is 0 Å². The summed E-state index contributed by atoms with van der Waals surface area (Å²) in [5.41, 5.74) is 6.60. The molecule has 0 aromatic heterocycles. The van der Waals surface area contributed by atoms with Gasteiger partial charge in [0.2, 0.25) is 0 Å². The van der Waals surface area contributed by atoms with Crippen LogP contribution in [0.4, 0.5) is 4.39 Å². The minimum absolute atomic E-state index is 0.00295. The minimum Gasteiger partial charge on any atom is -0.490 e. The zero-order valence-corrected chi connectivity index (χ0v) is 15.8. The van der Waals surface area contributed by atoms with Gasteiger partial charge in [0.15, 0.2) is 0 Å². The lowest BCUT2D eigenvalue weighted by molar-refractivity contribution is 0.0710. The van der Waals surface area contributed by atoms with Crippen molar-refractivity contribution in [2.24, 2.45) is 5.73 Å². The number of likely N-dealkylation sites (tertiary alicyclic amines) is 1. The molecule has 1 aliphatic rings. The van der Waals surface area contributed by atoms with Gasteiger partial charge in [-0.2, -0.15) is 0 Å². The Bertz CT molecular complexity index is 813. The summed E-state index contributed by atoms with van der Waals surface area (Å²) in [4.78, 5) is 13.6. The lowest BCUT2D eigenvalue weighted by Gasteiger charge is -2.21. The van der Waals surface area contributed by atoms with Crippen molar-refractivity contribution in [2.75, 3.05) is 26.2 Å². The SMILES string of the molecule is Cc1ccc(C(N)=O)c(OCC(O)CN2CCC(Oc3ccc(F)cc3)C2)c1. The molecule has 0 radical (unpaired) electrons.